The lowest BCUT2D eigenvalue weighted by Gasteiger charge is -2.26. The molecule has 3 rings (SSSR count). The first-order chi connectivity index (χ1) is 12.4. The molecule has 2 aromatic rings. The highest BCUT2D eigenvalue weighted by atomic mass is 16.6. The fourth-order valence-corrected chi connectivity index (χ4v) is 2.64. The van der Waals surface area contributed by atoms with Crippen molar-refractivity contribution in [1.29, 1.82) is 0 Å². The Hall–Kier alpha value is -2.69. The third kappa shape index (κ3) is 4.69. The minimum Gasteiger partial charge on any atom is -0.486 e. The van der Waals surface area contributed by atoms with Gasteiger partial charge >= 0.3 is 0 Å². The van der Waals surface area contributed by atoms with E-state index in [-0.39, 0.29) is 24.0 Å². The Morgan fingerprint density at radius 3 is 2.69 bits per heavy atom. The number of ether oxygens (including phenoxy) is 3. The summed E-state index contributed by atoms with van der Waals surface area (Å²) in [6, 6.07) is 15.3. The maximum atomic E-state index is 12.1. The van der Waals surface area contributed by atoms with Crippen molar-refractivity contribution in [3.63, 3.8) is 0 Å². The molecule has 0 aromatic heterocycles. The van der Waals surface area contributed by atoms with Crippen molar-refractivity contribution in [3.05, 3.63) is 54.1 Å². The zero-order valence-electron chi connectivity index (χ0n) is 15.5. The van der Waals surface area contributed by atoms with Crippen molar-refractivity contribution in [1.82, 2.24) is 5.32 Å². The first-order valence-corrected chi connectivity index (χ1v) is 8.80. The second-order valence-corrected chi connectivity index (χ2v) is 7.37. The molecule has 1 heterocycles. The van der Waals surface area contributed by atoms with Crippen LogP contribution in [0, 0.1) is 0 Å². The molecule has 1 unspecified atom stereocenters. The van der Waals surface area contributed by atoms with E-state index in [1.54, 1.807) is 0 Å². The van der Waals surface area contributed by atoms with Gasteiger partial charge in [0.05, 0.1) is 6.54 Å². The van der Waals surface area contributed by atoms with E-state index in [9.17, 15) is 4.79 Å². The molecule has 5 nitrogen and oxygen atoms in total. The van der Waals surface area contributed by atoms with Crippen molar-refractivity contribution in [2.75, 3.05) is 19.8 Å². The Morgan fingerprint density at radius 2 is 1.92 bits per heavy atom. The summed E-state index contributed by atoms with van der Waals surface area (Å²) in [5.74, 6) is 1.94. The number of hydrogen-bond acceptors (Lipinski definition) is 4. The van der Waals surface area contributed by atoms with Crippen LogP contribution in [0.5, 0.6) is 17.2 Å². The molecular weight excluding hydrogens is 330 g/mol. The van der Waals surface area contributed by atoms with E-state index in [0.29, 0.717) is 24.7 Å². The van der Waals surface area contributed by atoms with Crippen LogP contribution in [-0.2, 0) is 10.2 Å². The summed E-state index contributed by atoms with van der Waals surface area (Å²) < 4.78 is 17.1. The SMILES string of the molecule is CC(C)(C)c1cccc(OCC(=O)NCC2COc3ccccc3O2)c1. The van der Waals surface area contributed by atoms with Crippen LogP contribution < -0.4 is 19.5 Å². The Labute approximate surface area is 154 Å². The van der Waals surface area contributed by atoms with Gasteiger partial charge in [-0.2, -0.15) is 0 Å². The van der Waals surface area contributed by atoms with Crippen LogP contribution in [0.15, 0.2) is 48.5 Å². The molecule has 0 aliphatic carbocycles. The maximum absolute atomic E-state index is 12.1. The Bertz CT molecular complexity index is 767. The molecule has 0 bridgehead atoms. The molecule has 0 radical (unpaired) electrons. The number of amides is 1. The molecule has 0 saturated heterocycles. The number of hydrogen-bond donors (Lipinski definition) is 1. The molecule has 1 N–H and O–H groups in total. The summed E-state index contributed by atoms with van der Waals surface area (Å²) in [7, 11) is 0. The molecule has 1 atom stereocenters. The topological polar surface area (TPSA) is 56.8 Å². The minimum atomic E-state index is -0.210. The van der Waals surface area contributed by atoms with Gasteiger partial charge in [-0.25, -0.2) is 0 Å². The van der Waals surface area contributed by atoms with Crippen molar-refractivity contribution in [2.24, 2.45) is 0 Å². The first kappa shape index (κ1) is 18.1. The Balaban J connectivity index is 1.45. The van der Waals surface area contributed by atoms with E-state index in [1.165, 1.54) is 5.56 Å². The van der Waals surface area contributed by atoms with Gasteiger partial charge in [0.2, 0.25) is 0 Å². The largest absolute Gasteiger partial charge is 0.486 e. The molecule has 138 valence electrons. The van der Waals surface area contributed by atoms with Crippen LogP contribution in [0.2, 0.25) is 0 Å². The van der Waals surface area contributed by atoms with Gasteiger partial charge in [-0.15, -0.1) is 0 Å². The zero-order chi connectivity index (χ0) is 18.6. The standard InChI is InChI=1S/C21H25NO4/c1-21(2,3)15-7-6-8-16(11-15)24-14-20(23)22-12-17-13-25-18-9-4-5-10-19(18)26-17/h4-11,17H,12-14H2,1-3H3,(H,22,23). The fourth-order valence-electron chi connectivity index (χ4n) is 2.64. The highest BCUT2D eigenvalue weighted by molar-refractivity contribution is 5.77. The zero-order valence-corrected chi connectivity index (χ0v) is 15.5. The second-order valence-electron chi connectivity index (χ2n) is 7.37. The number of benzene rings is 2. The summed E-state index contributed by atoms with van der Waals surface area (Å²) in [4.78, 5) is 12.1. The molecule has 5 heteroatoms. The summed E-state index contributed by atoms with van der Waals surface area (Å²) in [6.07, 6.45) is -0.210. The lowest BCUT2D eigenvalue weighted by Crippen LogP contribution is -2.42. The molecule has 0 fully saturated rings. The van der Waals surface area contributed by atoms with Gasteiger partial charge in [0.15, 0.2) is 18.1 Å². The third-order valence-corrected chi connectivity index (χ3v) is 4.16. The minimum absolute atomic E-state index is 0.0300. The van der Waals surface area contributed by atoms with E-state index in [1.807, 2.05) is 42.5 Å². The molecule has 1 aliphatic rings. The monoisotopic (exact) mass is 355 g/mol. The van der Waals surface area contributed by atoms with E-state index < -0.39 is 0 Å². The van der Waals surface area contributed by atoms with E-state index in [0.717, 1.165) is 5.75 Å². The van der Waals surface area contributed by atoms with Gasteiger partial charge in [0, 0.05) is 0 Å². The number of para-hydroxylation sites is 2. The number of carbonyl (C=O) groups is 1. The lowest BCUT2D eigenvalue weighted by atomic mass is 9.87. The summed E-state index contributed by atoms with van der Waals surface area (Å²) in [6.45, 7) is 7.18. The van der Waals surface area contributed by atoms with E-state index >= 15 is 0 Å². The van der Waals surface area contributed by atoms with Crippen LogP contribution in [-0.4, -0.2) is 31.8 Å². The van der Waals surface area contributed by atoms with Crippen LogP contribution in [0.3, 0.4) is 0 Å². The van der Waals surface area contributed by atoms with E-state index in [2.05, 4.69) is 32.2 Å². The van der Waals surface area contributed by atoms with Crippen LogP contribution >= 0.6 is 0 Å². The summed E-state index contributed by atoms with van der Waals surface area (Å²) in [5.41, 5.74) is 1.21. The quantitative estimate of drug-likeness (QED) is 0.894. The second kappa shape index (κ2) is 7.68. The molecular formula is C21H25NO4. The average Bonchev–Trinajstić information content (AvgIpc) is 2.64. The number of carbonyl (C=O) groups excluding carboxylic acids is 1. The Morgan fingerprint density at radius 1 is 1.15 bits per heavy atom. The van der Waals surface area contributed by atoms with Crippen LogP contribution in [0.1, 0.15) is 26.3 Å². The number of nitrogens with one attached hydrogen (secondary N) is 1. The lowest BCUT2D eigenvalue weighted by molar-refractivity contribution is -0.123. The van der Waals surface area contributed by atoms with Gasteiger partial charge in [-0.3, -0.25) is 4.79 Å². The van der Waals surface area contributed by atoms with Crippen molar-refractivity contribution in [2.45, 2.75) is 32.3 Å². The third-order valence-electron chi connectivity index (χ3n) is 4.16. The van der Waals surface area contributed by atoms with Crippen molar-refractivity contribution < 1.29 is 19.0 Å². The van der Waals surface area contributed by atoms with Crippen molar-refractivity contribution in [3.8, 4) is 17.2 Å². The first-order valence-electron chi connectivity index (χ1n) is 8.80. The van der Waals surface area contributed by atoms with Crippen LogP contribution in [0.25, 0.3) is 0 Å². The molecule has 1 amide bonds. The van der Waals surface area contributed by atoms with Gasteiger partial charge in [-0.1, -0.05) is 45.0 Å². The molecule has 2 aromatic carbocycles. The summed E-state index contributed by atoms with van der Waals surface area (Å²) >= 11 is 0. The number of rotatable bonds is 5. The van der Waals surface area contributed by atoms with Gasteiger partial charge in [0.25, 0.3) is 5.91 Å². The molecule has 0 spiro atoms. The van der Waals surface area contributed by atoms with Crippen molar-refractivity contribution >= 4 is 5.91 Å². The van der Waals surface area contributed by atoms with Crippen LogP contribution in [0.4, 0.5) is 0 Å². The maximum Gasteiger partial charge on any atom is 0.258 e. The molecule has 0 saturated carbocycles. The Kier molecular flexibility index (Phi) is 5.35. The predicted octanol–water partition coefficient (Wildman–Crippen LogP) is 3.32. The number of fused-ring (bicyclic) bond motifs is 1. The van der Waals surface area contributed by atoms with Gasteiger partial charge < -0.3 is 19.5 Å². The average molecular weight is 355 g/mol. The smallest absolute Gasteiger partial charge is 0.258 e. The molecule has 26 heavy (non-hydrogen) atoms. The highest BCUT2D eigenvalue weighted by Gasteiger charge is 2.21. The van der Waals surface area contributed by atoms with Gasteiger partial charge in [0.1, 0.15) is 18.5 Å². The normalized spacial score (nSPS) is 16.0. The molecule has 1 aliphatic heterocycles. The highest BCUT2D eigenvalue weighted by Crippen LogP contribution is 2.30. The predicted molar refractivity (Wildman–Crippen MR) is 100.0 cm³/mol. The fraction of sp³-hybridized carbons (Fsp3) is 0.381. The van der Waals surface area contributed by atoms with Gasteiger partial charge in [-0.05, 0) is 35.2 Å². The van der Waals surface area contributed by atoms with E-state index in [4.69, 9.17) is 14.2 Å². The summed E-state index contributed by atoms with van der Waals surface area (Å²) in [5, 5.41) is 2.83.